The molecule has 0 bridgehead atoms. The molecule has 5 heteroatoms. The number of rotatable bonds is 6. The molecule has 1 atom stereocenters. The maximum Gasteiger partial charge on any atom is 0.230 e. The fourth-order valence-corrected chi connectivity index (χ4v) is 4.84. The van der Waals surface area contributed by atoms with Gasteiger partial charge in [0.15, 0.2) is 0 Å². The predicted molar refractivity (Wildman–Crippen MR) is 125 cm³/mol. The van der Waals surface area contributed by atoms with Crippen molar-refractivity contribution >= 4 is 5.91 Å². The minimum absolute atomic E-state index is 0.0550. The van der Waals surface area contributed by atoms with E-state index in [0.29, 0.717) is 11.8 Å². The summed E-state index contributed by atoms with van der Waals surface area (Å²) >= 11 is 0. The minimum atomic E-state index is -0.0550. The van der Waals surface area contributed by atoms with Gasteiger partial charge in [0, 0.05) is 49.1 Å². The lowest BCUT2D eigenvalue weighted by atomic mass is 9.87. The quantitative estimate of drug-likeness (QED) is 0.535. The molecule has 5 rings (SSSR count). The maximum atomic E-state index is 13.3. The molecule has 0 radical (unpaired) electrons. The number of nitrogens with zero attached hydrogens (tertiary/aromatic N) is 4. The van der Waals surface area contributed by atoms with Crippen molar-refractivity contribution in [1.82, 2.24) is 19.9 Å². The molecule has 0 unspecified atom stereocenters. The van der Waals surface area contributed by atoms with Crippen molar-refractivity contribution in [2.24, 2.45) is 0 Å². The van der Waals surface area contributed by atoms with Crippen LogP contribution in [0.4, 0.5) is 0 Å². The average molecular weight is 427 g/mol. The Balaban J connectivity index is 1.35. The van der Waals surface area contributed by atoms with Crippen LogP contribution in [0.1, 0.15) is 73.9 Å². The third kappa shape index (κ3) is 4.29. The van der Waals surface area contributed by atoms with Crippen molar-refractivity contribution < 1.29 is 4.79 Å². The third-order valence-corrected chi connectivity index (χ3v) is 6.87. The molecular weight excluding hydrogens is 396 g/mol. The number of pyridine rings is 1. The fraction of sp³-hybridized carbons (Fsp3) is 0.407. The zero-order valence-corrected chi connectivity index (χ0v) is 18.7. The first-order valence-electron chi connectivity index (χ1n) is 11.9. The number of amides is 1. The van der Waals surface area contributed by atoms with Crippen molar-refractivity contribution in [3.63, 3.8) is 0 Å². The first kappa shape index (κ1) is 20.8. The Hall–Kier alpha value is -3.08. The smallest absolute Gasteiger partial charge is 0.230 e. The minimum Gasteiger partial charge on any atom is -0.342 e. The predicted octanol–water partition coefficient (Wildman–Crippen LogP) is 5.32. The monoisotopic (exact) mass is 426 g/mol. The van der Waals surface area contributed by atoms with E-state index in [1.165, 1.54) is 12.8 Å². The van der Waals surface area contributed by atoms with Gasteiger partial charge in [-0.1, -0.05) is 37.3 Å². The van der Waals surface area contributed by atoms with Crippen LogP contribution < -0.4 is 0 Å². The molecule has 2 aliphatic rings. The van der Waals surface area contributed by atoms with Gasteiger partial charge in [0.1, 0.15) is 5.82 Å². The molecule has 164 valence electrons. The van der Waals surface area contributed by atoms with Crippen LogP contribution in [0.15, 0.2) is 61.1 Å². The van der Waals surface area contributed by atoms with Crippen molar-refractivity contribution in [2.45, 2.75) is 56.8 Å². The average Bonchev–Trinajstić information content (AvgIpc) is 3.71. The lowest BCUT2D eigenvalue weighted by Crippen LogP contribution is -2.40. The Bertz CT molecular complexity index is 1060. The molecule has 1 aliphatic heterocycles. The molecule has 1 saturated carbocycles. The summed E-state index contributed by atoms with van der Waals surface area (Å²) in [6.45, 7) is 3.67. The van der Waals surface area contributed by atoms with Crippen LogP contribution >= 0.6 is 0 Å². The summed E-state index contributed by atoms with van der Waals surface area (Å²) < 4.78 is 0. The molecule has 1 saturated heterocycles. The topological polar surface area (TPSA) is 59.0 Å². The summed E-state index contributed by atoms with van der Waals surface area (Å²) in [5.41, 5.74) is 4.49. The van der Waals surface area contributed by atoms with E-state index in [2.05, 4.69) is 33.9 Å². The van der Waals surface area contributed by atoms with Gasteiger partial charge in [-0.05, 0) is 55.4 Å². The molecule has 5 nitrogen and oxygen atoms in total. The van der Waals surface area contributed by atoms with E-state index >= 15 is 0 Å². The van der Waals surface area contributed by atoms with E-state index < -0.39 is 0 Å². The number of likely N-dealkylation sites (tertiary alicyclic amines) is 1. The lowest BCUT2D eigenvalue weighted by molar-refractivity contribution is -0.134. The number of benzene rings is 1. The van der Waals surface area contributed by atoms with E-state index in [-0.39, 0.29) is 11.8 Å². The highest BCUT2D eigenvalue weighted by Gasteiger charge is 2.32. The summed E-state index contributed by atoms with van der Waals surface area (Å²) in [7, 11) is 0. The molecule has 32 heavy (non-hydrogen) atoms. The van der Waals surface area contributed by atoms with Gasteiger partial charge in [0.25, 0.3) is 0 Å². The van der Waals surface area contributed by atoms with Gasteiger partial charge in [-0.3, -0.25) is 9.78 Å². The molecule has 0 spiro atoms. The first-order valence-corrected chi connectivity index (χ1v) is 11.9. The van der Waals surface area contributed by atoms with Gasteiger partial charge >= 0.3 is 0 Å². The van der Waals surface area contributed by atoms with Crippen LogP contribution in [0.2, 0.25) is 0 Å². The molecule has 2 aromatic heterocycles. The molecule has 3 heterocycles. The number of piperidine rings is 1. The first-order chi connectivity index (χ1) is 15.7. The Kier molecular flexibility index (Phi) is 5.97. The molecule has 2 fully saturated rings. The lowest BCUT2D eigenvalue weighted by Gasteiger charge is -2.34. The summed E-state index contributed by atoms with van der Waals surface area (Å²) in [5.74, 6) is 2.07. The van der Waals surface area contributed by atoms with E-state index in [1.807, 2.05) is 48.9 Å². The molecule has 3 aromatic rings. The number of hydrogen-bond acceptors (Lipinski definition) is 4. The maximum absolute atomic E-state index is 13.3. The molecule has 1 amide bonds. The summed E-state index contributed by atoms with van der Waals surface area (Å²) in [6, 6.07) is 14.2. The van der Waals surface area contributed by atoms with E-state index in [4.69, 9.17) is 4.98 Å². The van der Waals surface area contributed by atoms with Gasteiger partial charge in [-0.25, -0.2) is 9.97 Å². The van der Waals surface area contributed by atoms with Crippen molar-refractivity contribution in [2.75, 3.05) is 13.1 Å². The second kappa shape index (κ2) is 9.19. The second-order valence-corrected chi connectivity index (χ2v) is 9.01. The van der Waals surface area contributed by atoms with Crippen LogP contribution in [0.5, 0.6) is 0 Å². The van der Waals surface area contributed by atoms with Gasteiger partial charge < -0.3 is 4.90 Å². The van der Waals surface area contributed by atoms with Crippen LogP contribution in [0.25, 0.3) is 11.1 Å². The van der Waals surface area contributed by atoms with Crippen LogP contribution in [-0.4, -0.2) is 38.8 Å². The standard InChI is InChI=1S/C27H30N4O/c1-2-23(19-6-4-3-5-7-19)27(32)31-16-12-21(13-17-31)25-24(20-10-14-28-15-11-20)18-29-26(30-25)22-8-9-22/h3-7,10-11,14-15,18,21-23H,2,8-9,12-13,16-17H2,1H3/t23-/m1/s1. The van der Waals surface area contributed by atoms with E-state index in [9.17, 15) is 4.79 Å². The third-order valence-electron chi connectivity index (χ3n) is 6.87. The highest BCUT2D eigenvalue weighted by atomic mass is 16.2. The van der Waals surface area contributed by atoms with Crippen LogP contribution in [0.3, 0.4) is 0 Å². The Morgan fingerprint density at radius 2 is 1.72 bits per heavy atom. The molecule has 1 aromatic carbocycles. The van der Waals surface area contributed by atoms with Crippen molar-refractivity contribution in [3.05, 3.63) is 78.1 Å². The molecular formula is C27H30N4O. The molecule has 0 N–H and O–H groups in total. The van der Waals surface area contributed by atoms with Crippen molar-refractivity contribution in [1.29, 1.82) is 0 Å². The number of aromatic nitrogens is 3. The number of hydrogen-bond donors (Lipinski definition) is 0. The Morgan fingerprint density at radius 1 is 1.00 bits per heavy atom. The Labute approximate surface area is 189 Å². The van der Waals surface area contributed by atoms with Crippen LogP contribution in [0, 0.1) is 0 Å². The second-order valence-electron chi connectivity index (χ2n) is 9.01. The normalized spacial score (nSPS) is 17.8. The number of carbonyl (C=O) groups is 1. The SMILES string of the molecule is CC[C@@H](C(=O)N1CCC(c2nc(C3CC3)ncc2-c2ccncc2)CC1)c1ccccc1. The van der Waals surface area contributed by atoms with Crippen molar-refractivity contribution in [3.8, 4) is 11.1 Å². The fourth-order valence-electron chi connectivity index (χ4n) is 4.84. The summed E-state index contributed by atoms with van der Waals surface area (Å²) in [6.07, 6.45) is 10.7. The highest BCUT2D eigenvalue weighted by Crippen LogP contribution is 2.41. The number of carbonyl (C=O) groups excluding carboxylic acids is 1. The van der Waals surface area contributed by atoms with E-state index in [1.54, 1.807) is 0 Å². The zero-order valence-electron chi connectivity index (χ0n) is 18.7. The largest absolute Gasteiger partial charge is 0.342 e. The van der Waals surface area contributed by atoms with Crippen LogP contribution in [-0.2, 0) is 4.79 Å². The van der Waals surface area contributed by atoms with Gasteiger partial charge in [-0.2, -0.15) is 0 Å². The zero-order chi connectivity index (χ0) is 21.9. The van der Waals surface area contributed by atoms with Gasteiger partial charge in [-0.15, -0.1) is 0 Å². The molecule has 1 aliphatic carbocycles. The van der Waals surface area contributed by atoms with Gasteiger partial charge in [0.05, 0.1) is 11.6 Å². The summed E-state index contributed by atoms with van der Waals surface area (Å²) in [4.78, 5) is 29.3. The highest BCUT2D eigenvalue weighted by molar-refractivity contribution is 5.83. The Morgan fingerprint density at radius 3 is 2.38 bits per heavy atom. The summed E-state index contributed by atoms with van der Waals surface area (Å²) in [5, 5.41) is 0. The van der Waals surface area contributed by atoms with Gasteiger partial charge in [0.2, 0.25) is 5.91 Å². The van der Waals surface area contributed by atoms with E-state index in [0.717, 1.165) is 60.6 Å².